The van der Waals surface area contributed by atoms with Crippen molar-refractivity contribution in [3.63, 3.8) is 0 Å². The molecule has 0 radical (unpaired) electrons. The van der Waals surface area contributed by atoms with E-state index in [1.807, 2.05) is 32.1 Å². The van der Waals surface area contributed by atoms with Crippen molar-refractivity contribution in [2.45, 2.75) is 180 Å². The molecular weight excluding hydrogens is 743 g/mol. The van der Waals surface area contributed by atoms with Gasteiger partial charge in [-0.1, -0.05) is 64.0 Å². The number of hydrogen-bond donors (Lipinski definition) is 3. The van der Waals surface area contributed by atoms with Crippen molar-refractivity contribution in [1.82, 2.24) is 4.90 Å². The number of hydrogen-bond acceptors (Lipinski definition) is 11. The van der Waals surface area contributed by atoms with Crippen LogP contribution in [0, 0.1) is 29.6 Å². The van der Waals surface area contributed by atoms with Crippen LogP contribution in [-0.4, -0.2) is 113 Å². The summed E-state index contributed by atoms with van der Waals surface area (Å²) in [5, 5.41) is 34.0. The number of amides is 1. The Hall–Kier alpha value is -2.74. The van der Waals surface area contributed by atoms with Crippen LogP contribution in [0.3, 0.4) is 0 Å². The first-order valence-corrected chi connectivity index (χ1v) is 21.9. The van der Waals surface area contributed by atoms with E-state index in [-0.39, 0.29) is 49.5 Å². The molecule has 1 amide bonds. The van der Waals surface area contributed by atoms with Crippen molar-refractivity contribution in [3.05, 3.63) is 35.5 Å². The fraction of sp³-hybridized carbons (Fsp3) is 0.783. The zero-order valence-electron chi connectivity index (χ0n) is 36.4. The Morgan fingerprint density at radius 1 is 0.948 bits per heavy atom. The third-order valence-electron chi connectivity index (χ3n) is 13.1. The molecule has 11 atom stereocenters. The number of Topliss-reactive ketones (excluding diaryl/α,β-unsaturated/α-hetero) is 2. The number of aliphatic hydroxyl groups is 3. The molecule has 0 aromatic rings. The molecule has 3 heterocycles. The largest absolute Gasteiger partial charge is 0.456 e. The SMILES string of the molecule is CCC/C=C/C[C@@H]1/C=C(\C)C[C@H](C)C[C@H](OC)[C@H]2O[C@@](O)(C(=O)C(=O)N3CCCC[C@H]3C(=O)O[C@H](/C(C)=C/[C@H]3CC[C@H](O)CC3)[C@H](C)[C@@H](O)CC1=O)[C@H](C)C[C@@H]2OC. The molecule has 4 aliphatic rings. The molecule has 4 rings (SSSR count). The minimum Gasteiger partial charge on any atom is -0.456 e. The molecule has 0 aromatic carbocycles. The number of ketones is 2. The minimum atomic E-state index is -2.50. The van der Waals surface area contributed by atoms with E-state index < -0.39 is 77.8 Å². The second-order valence-corrected chi connectivity index (χ2v) is 17.9. The molecule has 3 fully saturated rings. The van der Waals surface area contributed by atoms with Gasteiger partial charge in [-0.25, -0.2) is 4.79 Å². The van der Waals surface area contributed by atoms with E-state index in [0.717, 1.165) is 31.3 Å². The summed E-state index contributed by atoms with van der Waals surface area (Å²) in [5.41, 5.74) is 1.71. The quantitative estimate of drug-likeness (QED) is 0.145. The number of fused-ring (bicyclic) bond motifs is 3. The van der Waals surface area contributed by atoms with Gasteiger partial charge >= 0.3 is 5.97 Å². The molecule has 0 unspecified atom stereocenters. The van der Waals surface area contributed by atoms with Gasteiger partial charge in [0.25, 0.3) is 11.7 Å². The lowest BCUT2D eigenvalue weighted by atomic mass is 9.82. The van der Waals surface area contributed by atoms with E-state index in [2.05, 4.69) is 19.9 Å². The van der Waals surface area contributed by atoms with Crippen LogP contribution in [0.25, 0.3) is 0 Å². The van der Waals surface area contributed by atoms with Gasteiger partial charge in [-0.15, -0.1) is 0 Å². The molecule has 328 valence electrons. The molecule has 3 N–H and O–H groups in total. The zero-order chi connectivity index (χ0) is 42.7. The van der Waals surface area contributed by atoms with Crippen LogP contribution in [0.2, 0.25) is 0 Å². The average molecular weight is 816 g/mol. The number of methoxy groups -OCH3 is 2. The van der Waals surface area contributed by atoms with Gasteiger partial charge in [0.2, 0.25) is 5.79 Å². The number of cyclic esters (lactones) is 1. The van der Waals surface area contributed by atoms with Crippen LogP contribution in [0.5, 0.6) is 0 Å². The maximum atomic E-state index is 14.3. The molecular formula is C46H73NO11. The van der Waals surface area contributed by atoms with E-state index in [9.17, 15) is 34.5 Å². The topological polar surface area (TPSA) is 169 Å². The molecule has 1 saturated carbocycles. The van der Waals surface area contributed by atoms with Gasteiger partial charge in [-0.3, -0.25) is 14.4 Å². The number of esters is 1. The summed E-state index contributed by atoms with van der Waals surface area (Å²) in [6.45, 7) is 11.5. The molecule has 2 bridgehead atoms. The van der Waals surface area contributed by atoms with Gasteiger partial charge in [0.15, 0.2) is 0 Å². The Labute approximate surface area is 346 Å². The van der Waals surface area contributed by atoms with Crippen LogP contribution < -0.4 is 0 Å². The summed E-state index contributed by atoms with van der Waals surface area (Å²) in [7, 11) is 3.08. The second-order valence-electron chi connectivity index (χ2n) is 17.9. The summed E-state index contributed by atoms with van der Waals surface area (Å²) in [4.78, 5) is 58.1. The van der Waals surface area contributed by atoms with E-state index in [0.29, 0.717) is 50.5 Å². The Morgan fingerprint density at radius 2 is 1.62 bits per heavy atom. The highest BCUT2D eigenvalue weighted by atomic mass is 16.7. The van der Waals surface area contributed by atoms with Gasteiger partial charge in [0, 0.05) is 44.9 Å². The molecule has 12 nitrogen and oxygen atoms in total. The zero-order valence-corrected chi connectivity index (χ0v) is 36.4. The van der Waals surface area contributed by atoms with E-state index in [4.69, 9.17) is 18.9 Å². The van der Waals surface area contributed by atoms with Gasteiger partial charge in [-0.2, -0.15) is 0 Å². The number of piperidine rings is 1. The standard InChI is InChI=1S/C46H73NO11/c1-9-10-11-12-15-34-23-28(2)22-29(3)24-39(55-7)42-40(56-8)26-31(5)46(54,58-42)43(51)44(52)47-21-14-13-16-36(47)45(53)57-41(32(6)37(49)27-38(34)50)30(4)25-33-17-19-35(48)20-18-33/h11-12,23,25,29,31-37,39-42,48-49,54H,9-10,13-22,24,26-27H2,1-8H3/b12-11+,28-23+,30-25+/t29-,31+,32+,33-,34+,35-,36-,37-,39-,40-,41+,42+,46+/m0/s1. The highest BCUT2D eigenvalue weighted by Gasteiger charge is 2.56. The van der Waals surface area contributed by atoms with Crippen LogP contribution in [0.15, 0.2) is 35.5 Å². The Bertz CT molecular complexity index is 1480. The van der Waals surface area contributed by atoms with Gasteiger partial charge in [0.1, 0.15) is 24.0 Å². The van der Waals surface area contributed by atoms with Crippen molar-refractivity contribution in [2.75, 3.05) is 20.8 Å². The number of rotatable bonds is 8. The molecule has 58 heavy (non-hydrogen) atoms. The predicted molar refractivity (Wildman–Crippen MR) is 220 cm³/mol. The van der Waals surface area contributed by atoms with Gasteiger partial charge in [0.05, 0.1) is 24.4 Å². The summed E-state index contributed by atoms with van der Waals surface area (Å²) < 4.78 is 24.3. The summed E-state index contributed by atoms with van der Waals surface area (Å²) in [5.74, 6) is -7.34. The Morgan fingerprint density at radius 3 is 2.28 bits per heavy atom. The number of ether oxygens (including phenoxy) is 4. The number of unbranched alkanes of at least 4 members (excludes halogenated alkanes) is 1. The lowest BCUT2D eigenvalue weighted by Gasteiger charge is -2.47. The van der Waals surface area contributed by atoms with Crippen molar-refractivity contribution < 1.29 is 53.4 Å². The highest BCUT2D eigenvalue weighted by molar-refractivity contribution is 6.39. The Kier molecular flexibility index (Phi) is 18.3. The fourth-order valence-corrected chi connectivity index (χ4v) is 9.49. The lowest BCUT2D eigenvalue weighted by Crippen LogP contribution is -2.64. The average Bonchev–Trinajstić information content (AvgIpc) is 3.20. The number of nitrogens with zero attached hydrogens (tertiary/aromatic N) is 1. The van der Waals surface area contributed by atoms with Crippen LogP contribution in [0.1, 0.15) is 131 Å². The first-order valence-electron chi connectivity index (χ1n) is 21.9. The maximum absolute atomic E-state index is 14.3. The maximum Gasteiger partial charge on any atom is 0.329 e. The minimum absolute atomic E-state index is 0.0263. The lowest BCUT2D eigenvalue weighted by molar-refractivity contribution is -0.302. The van der Waals surface area contributed by atoms with Crippen molar-refractivity contribution in [2.24, 2.45) is 29.6 Å². The third kappa shape index (κ3) is 12.2. The normalized spacial score (nSPS) is 39.4. The number of carbonyl (C=O) groups is 4. The van der Waals surface area contributed by atoms with E-state index >= 15 is 0 Å². The van der Waals surface area contributed by atoms with Gasteiger partial charge in [-0.05, 0) is 108 Å². The number of allylic oxidation sites excluding steroid dienone is 5. The molecule has 2 saturated heterocycles. The summed E-state index contributed by atoms with van der Waals surface area (Å²) >= 11 is 0. The van der Waals surface area contributed by atoms with Crippen LogP contribution >= 0.6 is 0 Å². The first kappa shape index (κ1) is 47.9. The van der Waals surface area contributed by atoms with Crippen molar-refractivity contribution in [3.8, 4) is 0 Å². The summed E-state index contributed by atoms with van der Waals surface area (Å²) in [6, 6.07) is -1.12. The molecule has 12 heteroatoms. The summed E-state index contributed by atoms with van der Waals surface area (Å²) in [6.07, 6.45) is 11.5. The third-order valence-corrected chi connectivity index (χ3v) is 13.1. The first-order chi connectivity index (χ1) is 27.5. The molecule has 3 aliphatic heterocycles. The predicted octanol–water partition coefficient (Wildman–Crippen LogP) is 6.18. The monoisotopic (exact) mass is 816 g/mol. The van der Waals surface area contributed by atoms with Crippen LogP contribution in [-0.2, 0) is 38.1 Å². The molecule has 0 spiro atoms. The molecule has 0 aromatic heterocycles. The van der Waals surface area contributed by atoms with E-state index in [1.54, 1.807) is 21.0 Å². The van der Waals surface area contributed by atoms with Crippen LogP contribution in [0.4, 0.5) is 0 Å². The van der Waals surface area contributed by atoms with Gasteiger partial charge < -0.3 is 39.2 Å². The smallest absolute Gasteiger partial charge is 0.329 e. The van der Waals surface area contributed by atoms with Crippen molar-refractivity contribution in [1.29, 1.82) is 0 Å². The fourth-order valence-electron chi connectivity index (χ4n) is 9.49. The Balaban J connectivity index is 1.78. The number of aliphatic hydroxyl groups excluding tert-OH is 2. The molecule has 1 aliphatic carbocycles. The number of carbonyl (C=O) groups excluding carboxylic acids is 4. The second kappa shape index (κ2) is 22.2. The highest BCUT2D eigenvalue weighted by Crippen LogP contribution is 2.39. The van der Waals surface area contributed by atoms with E-state index in [1.165, 1.54) is 12.0 Å². The van der Waals surface area contributed by atoms with Crippen molar-refractivity contribution >= 4 is 23.4 Å².